The predicted molar refractivity (Wildman–Crippen MR) is 58.0 cm³/mol. The molecule has 1 unspecified atom stereocenters. The first-order valence-corrected chi connectivity index (χ1v) is 5.28. The molecule has 1 N–H and O–H groups in total. The first-order chi connectivity index (χ1) is 6.88. The van der Waals surface area contributed by atoms with Crippen molar-refractivity contribution in [1.29, 1.82) is 0 Å². The fraction of sp³-hybridized carbons (Fsp3) is 0.0909. The maximum Gasteiger partial charge on any atom is 0.253 e. The van der Waals surface area contributed by atoms with Gasteiger partial charge >= 0.3 is 0 Å². The van der Waals surface area contributed by atoms with E-state index in [1.165, 1.54) is 4.90 Å². The van der Waals surface area contributed by atoms with Crippen LogP contribution in [-0.2, 0) is 4.74 Å². The SMILES string of the molecule is C1=COC2(C=C1)Nc1ccccc1S2. The lowest BCUT2D eigenvalue weighted by Crippen LogP contribution is -2.31. The van der Waals surface area contributed by atoms with Gasteiger partial charge in [-0.2, -0.15) is 0 Å². The average Bonchev–Trinajstić information content (AvgIpc) is 2.56. The quantitative estimate of drug-likeness (QED) is 0.700. The Bertz CT molecular complexity index is 400. The minimum atomic E-state index is -0.418. The molecule has 2 aliphatic heterocycles. The molecular weight excluding hydrogens is 194 g/mol. The van der Waals surface area contributed by atoms with Crippen molar-refractivity contribution in [2.24, 2.45) is 0 Å². The van der Waals surface area contributed by atoms with E-state index in [4.69, 9.17) is 4.74 Å². The molecule has 1 aromatic carbocycles. The Morgan fingerprint density at radius 3 is 2.93 bits per heavy atom. The van der Waals surface area contributed by atoms with Crippen LogP contribution in [0, 0.1) is 0 Å². The highest BCUT2D eigenvalue weighted by Gasteiger charge is 2.37. The Kier molecular flexibility index (Phi) is 1.61. The molecule has 3 rings (SSSR count). The van der Waals surface area contributed by atoms with E-state index < -0.39 is 5.06 Å². The van der Waals surface area contributed by atoms with Crippen molar-refractivity contribution in [3.05, 3.63) is 48.8 Å². The van der Waals surface area contributed by atoms with Crippen LogP contribution in [0.4, 0.5) is 5.69 Å². The Morgan fingerprint density at radius 1 is 1.21 bits per heavy atom. The van der Waals surface area contributed by atoms with E-state index in [-0.39, 0.29) is 0 Å². The molecule has 2 aliphatic rings. The van der Waals surface area contributed by atoms with E-state index in [2.05, 4.69) is 17.4 Å². The summed E-state index contributed by atoms with van der Waals surface area (Å²) in [5.41, 5.74) is 1.14. The summed E-state index contributed by atoms with van der Waals surface area (Å²) < 4.78 is 5.59. The van der Waals surface area contributed by atoms with Gasteiger partial charge in [0.25, 0.3) is 5.06 Å². The third-order valence-electron chi connectivity index (χ3n) is 2.21. The number of rotatable bonds is 0. The molecule has 70 valence electrons. The Morgan fingerprint density at radius 2 is 2.14 bits per heavy atom. The molecule has 2 nitrogen and oxygen atoms in total. The van der Waals surface area contributed by atoms with Gasteiger partial charge in [0.15, 0.2) is 0 Å². The van der Waals surface area contributed by atoms with Crippen molar-refractivity contribution in [2.75, 3.05) is 5.32 Å². The molecule has 1 aromatic rings. The van der Waals surface area contributed by atoms with Gasteiger partial charge in [0.05, 0.1) is 11.9 Å². The average molecular weight is 203 g/mol. The zero-order valence-corrected chi connectivity index (χ0v) is 8.25. The Balaban J connectivity index is 1.98. The molecular formula is C11H9NOS. The van der Waals surface area contributed by atoms with Crippen LogP contribution in [0.15, 0.2) is 53.7 Å². The van der Waals surface area contributed by atoms with Gasteiger partial charge in [0.2, 0.25) is 0 Å². The third-order valence-corrected chi connectivity index (χ3v) is 3.42. The fourth-order valence-corrected chi connectivity index (χ4v) is 2.69. The van der Waals surface area contributed by atoms with E-state index in [1.54, 1.807) is 18.0 Å². The number of benzene rings is 1. The molecule has 0 aromatic heterocycles. The first-order valence-electron chi connectivity index (χ1n) is 4.46. The van der Waals surface area contributed by atoms with Crippen molar-refractivity contribution in [3.8, 4) is 0 Å². The summed E-state index contributed by atoms with van der Waals surface area (Å²) in [6.45, 7) is 0. The molecule has 0 bridgehead atoms. The molecule has 14 heavy (non-hydrogen) atoms. The molecule has 1 spiro atoms. The monoisotopic (exact) mass is 203 g/mol. The third kappa shape index (κ3) is 1.13. The number of para-hydroxylation sites is 1. The first kappa shape index (κ1) is 8.00. The second kappa shape index (κ2) is 2.82. The molecule has 0 aliphatic carbocycles. The number of ether oxygens (including phenoxy) is 1. The number of hydrogen-bond donors (Lipinski definition) is 1. The van der Waals surface area contributed by atoms with Crippen LogP contribution in [0.2, 0.25) is 0 Å². The summed E-state index contributed by atoms with van der Waals surface area (Å²) in [4.78, 5) is 1.23. The maximum atomic E-state index is 5.59. The second-order valence-electron chi connectivity index (χ2n) is 3.20. The number of hydrogen-bond acceptors (Lipinski definition) is 3. The minimum absolute atomic E-state index is 0.418. The molecule has 0 radical (unpaired) electrons. The van der Waals surface area contributed by atoms with Crippen molar-refractivity contribution in [3.63, 3.8) is 0 Å². The van der Waals surface area contributed by atoms with E-state index >= 15 is 0 Å². The maximum absolute atomic E-state index is 5.59. The van der Waals surface area contributed by atoms with Crippen LogP contribution in [0.3, 0.4) is 0 Å². The molecule has 3 heteroatoms. The molecule has 2 heterocycles. The molecule has 1 atom stereocenters. The van der Waals surface area contributed by atoms with E-state index in [1.807, 2.05) is 30.4 Å². The topological polar surface area (TPSA) is 21.3 Å². The number of fused-ring (bicyclic) bond motifs is 1. The van der Waals surface area contributed by atoms with Crippen molar-refractivity contribution in [1.82, 2.24) is 0 Å². The standard InChI is InChI=1S/C11H9NOS/c1-2-6-10-9(5-1)12-11(14-10)7-3-4-8-13-11/h1-8,12H. The van der Waals surface area contributed by atoms with Crippen LogP contribution < -0.4 is 5.32 Å². The van der Waals surface area contributed by atoms with Gasteiger partial charge in [-0.1, -0.05) is 18.2 Å². The summed E-state index contributed by atoms with van der Waals surface area (Å²) >= 11 is 1.69. The summed E-state index contributed by atoms with van der Waals surface area (Å²) in [7, 11) is 0. The number of anilines is 1. The van der Waals surface area contributed by atoms with Crippen LogP contribution in [0.25, 0.3) is 0 Å². The highest BCUT2D eigenvalue weighted by Crippen LogP contribution is 2.47. The smallest absolute Gasteiger partial charge is 0.253 e. The minimum Gasteiger partial charge on any atom is -0.462 e. The largest absolute Gasteiger partial charge is 0.462 e. The van der Waals surface area contributed by atoms with Crippen LogP contribution in [-0.4, -0.2) is 5.06 Å². The molecule has 0 saturated heterocycles. The Hall–Kier alpha value is -1.35. The van der Waals surface area contributed by atoms with Gasteiger partial charge in [-0.25, -0.2) is 0 Å². The van der Waals surface area contributed by atoms with Crippen LogP contribution in [0.1, 0.15) is 0 Å². The highest BCUT2D eigenvalue weighted by atomic mass is 32.2. The zero-order chi connectivity index (χ0) is 9.43. The van der Waals surface area contributed by atoms with Gasteiger partial charge < -0.3 is 10.1 Å². The lowest BCUT2D eigenvalue weighted by atomic mass is 10.3. The second-order valence-corrected chi connectivity index (χ2v) is 4.45. The van der Waals surface area contributed by atoms with E-state index in [0.717, 1.165) is 5.69 Å². The van der Waals surface area contributed by atoms with Crippen molar-refractivity contribution < 1.29 is 4.74 Å². The summed E-state index contributed by atoms with van der Waals surface area (Å²) in [5, 5.41) is 2.93. The molecule has 0 amide bonds. The predicted octanol–water partition coefficient (Wildman–Crippen LogP) is 2.96. The number of nitrogens with one attached hydrogen (secondary N) is 1. The normalized spacial score (nSPS) is 27.1. The van der Waals surface area contributed by atoms with Gasteiger partial charge in [0.1, 0.15) is 0 Å². The molecule has 0 saturated carbocycles. The Labute approximate surface area is 86.7 Å². The van der Waals surface area contributed by atoms with E-state index in [9.17, 15) is 0 Å². The van der Waals surface area contributed by atoms with Gasteiger partial charge in [-0.05, 0) is 36.0 Å². The highest BCUT2D eigenvalue weighted by molar-refractivity contribution is 8.01. The number of thioether (sulfide) groups is 1. The van der Waals surface area contributed by atoms with E-state index in [0.29, 0.717) is 0 Å². The lowest BCUT2D eigenvalue weighted by molar-refractivity contribution is 0.179. The lowest BCUT2D eigenvalue weighted by Gasteiger charge is -2.26. The summed E-state index contributed by atoms with van der Waals surface area (Å²) in [6.07, 6.45) is 7.62. The number of allylic oxidation sites excluding steroid dienone is 2. The van der Waals surface area contributed by atoms with Crippen LogP contribution >= 0.6 is 11.8 Å². The van der Waals surface area contributed by atoms with Crippen molar-refractivity contribution >= 4 is 17.4 Å². The van der Waals surface area contributed by atoms with Crippen molar-refractivity contribution in [2.45, 2.75) is 9.95 Å². The van der Waals surface area contributed by atoms with Crippen LogP contribution in [0.5, 0.6) is 0 Å². The summed E-state index contributed by atoms with van der Waals surface area (Å²) in [5.74, 6) is 0. The zero-order valence-electron chi connectivity index (χ0n) is 7.44. The summed E-state index contributed by atoms with van der Waals surface area (Å²) in [6, 6.07) is 8.21. The van der Waals surface area contributed by atoms with Gasteiger partial charge in [-0.3, -0.25) is 0 Å². The fourth-order valence-electron chi connectivity index (χ4n) is 1.57. The van der Waals surface area contributed by atoms with Gasteiger partial charge in [-0.15, -0.1) is 0 Å². The molecule has 0 fully saturated rings. The van der Waals surface area contributed by atoms with Gasteiger partial charge in [0, 0.05) is 4.90 Å².